The van der Waals surface area contributed by atoms with Gasteiger partial charge in [0.1, 0.15) is 0 Å². The van der Waals surface area contributed by atoms with Gasteiger partial charge in [0.2, 0.25) is 0 Å². The molecule has 0 aliphatic heterocycles. The monoisotopic (exact) mass is 275 g/mol. The van der Waals surface area contributed by atoms with Gasteiger partial charge in [-0.3, -0.25) is 0 Å². The van der Waals surface area contributed by atoms with E-state index in [0.717, 1.165) is 25.5 Å². The Kier molecular flexibility index (Phi) is 6.06. The fraction of sp³-hybridized carbons (Fsp3) is 0.667. The molecule has 0 radical (unpaired) electrons. The van der Waals surface area contributed by atoms with Crippen molar-refractivity contribution in [3.63, 3.8) is 0 Å². The highest BCUT2D eigenvalue weighted by atomic mass is 16.5. The van der Waals surface area contributed by atoms with Crippen LogP contribution in [0.3, 0.4) is 0 Å². The van der Waals surface area contributed by atoms with Crippen molar-refractivity contribution in [2.45, 2.75) is 58.6 Å². The quantitative estimate of drug-likeness (QED) is 0.771. The van der Waals surface area contributed by atoms with Crippen LogP contribution in [0.15, 0.2) is 24.3 Å². The van der Waals surface area contributed by atoms with Gasteiger partial charge in [-0.2, -0.15) is 0 Å². The van der Waals surface area contributed by atoms with Gasteiger partial charge in [-0.15, -0.1) is 0 Å². The highest BCUT2D eigenvalue weighted by Gasteiger charge is 2.31. The van der Waals surface area contributed by atoms with Crippen LogP contribution in [0.1, 0.15) is 57.2 Å². The minimum absolute atomic E-state index is 0.499. The minimum atomic E-state index is 0.499. The number of nitrogens with one attached hydrogen (secondary N) is 1. The van der Waals surface area contributed by atoms with Crippen LogP contribution in [-0.4, -0.2) is 19.3 Å². The number of ether oxygens (including phenoxy) is 1. The second-order valence-corrected chi connectivity index (χ2v) is 5.86. The van der Waals surface area contributed by atoms with Crippen LogP contribution in [0, 0.1) is 5.92 Å². The van der Waals surface area contributed by atoms with E-state index >= 15 is 0 Å². The van der Waals surface area contributed by atoms with Crippen molar-refractivity contribution in [1.82, 2.24) is 5.32 Å². The molecule has 1 N–H and O–H groups in total. The molecule has 112 valence electrons. The highest BCUT2D eigenvalue weighted by molar-refractivity contribution is 5.25. The summed E-state index contributed by atoms with van der Waals surface area (Å²) in [6.07, 6.45) is 5.36. The largest absolute Gasteiger partial charge is 0.378 e. The van der Waals surface area contributed by atoms with Gasteiger partial charge in [-0.25, -0.2) is 0 Å². The van der Waals surface area contributed by atoms with Crippen LogP contribution in [0.4, 0.5) is 0 Å². The molecule has 0 heterocycles. The average Bonchev–Trinajstić information content (AvgIpc) is 2.44. The lowest BCUT2D eigenvalue weighted by molar-refractivity contribution is -0.0291. The molecule has 2 nitrogen and oxygen atoms in total. The van der Waals surface area contributed by atoms with Gasteiger partial charge in [0, 0.05) is 12.6 Å². The van der Waals surface area contributed by atoms with Crippen LogP contribution in [0.5, 0.6) is 0 Å². The maximum absolute atomic E-state index is 5.67. The van der Waals surface area contributed by atoms with E-state index in [2.05, 4.69) is 50.4 Å². The van der Waals surface area contributed by atoms with Crippen molar-refractivity contribution in [2.24, 2.45) is 5.92 Å². The van der Waals surface area contributed by atoms with Crippen molar-refractivity contribution < 1.29 is 4.74 Å². The van der Waals surface area contributed by atoms with Crippen molar-refractivity contribution in [3.8, 4) is 0 Å². The zero-order valence-corrected chi connectivity index (χ0v) is 13.2. The average molecular weight is 275 g/mol. The summed E-state index contributed by atoms with van der Waals surface area (Å²) in [4.78, 5) is 0. The third-order valence-corrected chi connectivity index (χ3v) is 4.40. The van der Waals surface area contributed by atoms with Crippen molar-refractivity contribution >= 4 is 0 Å². The van der Waals surface area contributed by atoms with E-state index in [1.807, 2.05) is 0 Å². The number of hydrogen-bond donors (Lipinski definition) is 1. The first kappa shape index (κ1) is 15.5. The molecule has 1 unspecified atom stereocenters. The molecule has 0 bridgehead atoms. The van der Waals surface area contributed by atoms with E-state index < -0.39 is 0 Å². The Labute approximate surface area is 123 Å². The van der Waals surface area contributed by atoms with Crippen LogP contribution in [-0.2, 0) is 11.2 Å². The maximum atomic E-state index is 5.67. The fourth-order valence-corrected chi connectivity index (χ4v) is 3.14. The van der Waals surface area contributed by atoms with E-state index in [4.69, 9.17) is 4.74 Å². The topological polar surface area (TPSA) is 21.3 Å². The van der Waals surface area contributed by atoms with Gasteiger partial charge in [-0.05, 0) is 56.2 Å². The lowest BCUT2D eigenvalue weighted by Gasteiger charge is -2.37. The standard InChI is InChI=1S/C18H29NO/c1-4-14-7-9-16(10-8-14)18(19-5-2)13-15-11-17(12-15)20-6-3/h7-10,15,17-19H,4-6,11-13H2,1-3H3. The molecule has 0 spiro atoms. The highest BCUT2D eigenvalue weighted by Crippen LogP contribution is 2.37. The molecule has 1 atom stereocenters. The van der Waals surface area contributed by atoms with Crippen molar-refractivity contribution in [2.75, 3.05) is 13.2 Å². The smallest absolute Gasteiger partial charge is 0.0580 e. The minimum Gasteiger partial charge on any atom is -0.378 e. The second-order valence-electron chi connectivity index (χ2n) is 5.86. The molecule has 1 saturated carbocycles. The molecule has 0 aromatic heterocycles. The van der Waals surface area contributed by atoms with Gasteiger partial charge in [-0.1, -0.05) is 38.1 Å². The lowest BCUT2D eigenvalue weighted by Crippen LogP contribution is -2.34. The number of hydrogen-bond acceptors (Lipinski definition) is 2. The summed E-state index contributed by atoms with van der Waals surface area (Å²) in [7, 11) is 0. The summed E-state index contributed by atoms with van der Waals surface area (Å²) in [5.74, 6) is 0.821. The zero-order valence-electron chi connectivity index (χ0n) is 13.2. The molecule has 2 rings (SSSR count). The van der Waals surface area contributed by atoms with E-state index in [1.54, 1.807) is 0 Å². The Morgan fingerprint density at radius 2 is 1.85 bits per heavy atom. The Bertz CT molecular complexity index is 381. The lowest BCUT2D eigenvalue weighted by atomic mass is 9.77. The SMILES string of the molecule is CCNC(CC1CC(OCC)C1)c1ccc(CC)cc1. The molecular formula is C18H29NO. The normalized spacial score (nSPS) is 23.4. The summed E-state index contributed by atoms with van der Waals surface area (Å²) in [6.45, 7) is 8.37. The molecule has 2 heteroatoms. The van der Waals surface area contributed by atoms with Gasteiger partial charge in [0.25, 0.3) is 0 Å². The Morgan fingerprint density at radius 1 is 1.15 bits per heavy atom. The summed E-state index contributed by atoms with van der Waals surface area (Å²) in [5, 5.41) is 3.64. The first-order valence-corrected chi connectivity index (χ1v) is 8.20. The van der Waals surface area contributed by atoms with Crippen molar-refractivity contribution in [1.29, 1.82) is 0 Å². The predicted octanol–water partition coefficient (Wildman–Crippen LogP) is 4.10. The third kappa shape index (κ3) is 4.07. The molecular weight excluding hydrogens is 246 g/mol. The summed E-state index contributed by atoms with van der Waals surface area (Å²) in [5.41, 5.74) is 2.85. The number of benzene rings is 1. The Hall–Kier alpha value is -0.860. The Balaban J connectivity index is 1.90. The van der Waals surface area contributed by atoms with E-state index in [1.165, 1.54) is 30.4 Å². The number of aryl methyl sites for hydroxylation is 1. The summed E-state index contributed by atoms with van der Waals surface area (Å²) >= 11 is 0. The molecule has 1 aromatic rings. The van der Waals surface area contributed by atoms with E-state index in [0.29, 0.717) is 12.1 Å². The van der Waals surface area contributed by atoms with E-state index in [9.17, 15) is 0 Å². The summed E-state index contributed by atoms with van der Waals surface area (Å²) in [6, 6.07) is 9.63. The third-order valence-electron chi connectivity index (χ3n) is 4.40. The molecule has 20 heavy (non-hydrogen) atoms. The van der Waals surface area contributed by atoms with Gasteiger partial charge in [0.15, 0.2) is 0 Å². The molecule has 0 saturated heterocycles. The molecule has 1 aromatic carbocycles. The van der Waals surface area contributed by atoms with E-state index in [-0.39, 0.29) is 0 Å². The molecule has 1 fully saturated rings. The molecule has 1 aliphatic rings. The molecule has 1 aliphatic carbocycles. The predicted molar refractivity (Wildman–Crippen MR) is 85.0 cm³/mol. The van der Waals surface area contributed by atoms with Crippen LogP contribution in [0.2, 0.25) is 0 Å². The molecule has 0 amide bonds. The fourth-order valence-electron chi connectivity index (χ4n) is 3.14. The zero-order chi connectivity index (χ0) is 14.4. The second kappa shape index (κ2) is 7.80. The van der Waals surface area contributed by atoms with Crippen LogP contribution in [0.25, 0.3) is 0 Å². The summed E-state index contributed by atoms with van der Waals surface area (Å²) < 4.78 is 5.67. The first-order valence-electron chi connectivity index (χ1n) is 8.20. The first-order chi connectivity index (χ1) is 9.76. The van der Waals surface area contributed by atoms with Gasteiger partial charge >= 0.3 is 0 Å². The van der Waals surface area contributed by atoms with Crippen molar-refractivity contribution in [3.05, 3.63) is 35.4 Å². The van der Waals surface area contributed by atoms with Gasteiger partial charge < -0.3 is 10.1 Å². The Morgan fingerprint density at radius 3 is 2.40 bits per heavy atom. The van der Waals surface area contributed by atoms with Crippen LogP contribution >= 0.6 is 0 Å². The number of rotatable bonds is 8. The van der Waals surface area contributed by atoms with Gasteiger partial charge in [0.05, 0.1) is 6.10 Å². The van der Waals surface area contributed by atoms with Crippen LogP contribution < -0.4 is 5.32 Å². The maximum Gasteiger partial charge on any atom is 0.0580 e.